The molecule has 2 aromatic rings. The summed E-state index contributed by atoms with van der Waals surface area (Å²) in [5, 5.41) is 45.9. The van der Waals surface area contributed by atoms with E-state index in [0.29, 0.717) is 17.5 Å². The monoisotopic (exact) mass is 599 g/mol. The number of amides is 4. The number of hydrogen-bond acceptors (Lipinski definition) is 9. The van der Waals surface area contributed by atoms with Crippen LogP contribution in [0.25, 0.3) is 0 Å². The number of carboxylic acid groups (broad SMARTS) is 1. The van der Waals surface area contributed by atoms with Gasteiger partial charge in [0.2, 0.25) is 23.6 Å². The summed E-state index contributed by atoms with van der Waals surface area (Å²) in [6, 6.07) is 7.01. The first-order chi connectivity index (χ1) is 20.4. The Morgan fingerprint density at radius 1 is 0.884 bits per heavy atom. The first-order valence-electron chi connectivity index (χ1n) is 13.8. The van der Waals surface area contributed by atoms with E-state index in [0.717, 1.165) is 0 Å². The summed E-state index contributed by atoms with van der Waals surface area (Å²) in [5.74, 6) is -4.10. The molecule has 1 aliphatic rings. The maximum Gasteiger partial charge on any atom is 0.328 e. The Morgan fingerprint density at radius 3 is 1.91 bits per heavy atom. The molecule has 0 radical (unpaired) electrons. The van der Waals surface area contributed by atoms with Crippen molar-refractivity contribution in [1.82, 2.24) is 20.9 Å². The van der Waals surface area contributed by atoms with Gasteiger partial charge in [-0.15, -0.1) is 0 Å². The van der Waals surface area contributed by atoms with Crippen LogP contribution >= 0.6 is 0 Å². The lowest BCUT2D eigenvalue weighted by Gasteiger charge is -2.30. The molecule has 43 heavy (non-hydrogen) atoms. The highest BCUT2D eigenvalue weighted by Crippen LogP contribution is 2.21. The zero-order valence-corrected chi connectivity index (χ0v) is 23.6. The number of likely N-dealkylation sites (tertiary alicyclic amines) is 1. The van der Waals surface area contributed by atoms with Crippen molar-refractivity contribution in [3.63, 3.8) is 0 Å². The molecule has 0 bridgehead atoms. The number of aliphatic hydroxyl groups excluding tert-OH is 1. The number of aliphatic hydroxyl groups is 1. The Bertz CT molecular complexity index is 1300. The van der Waals surface area contributed by atoms with Crippen molar-refractivity contribution in [1.29, 1.82) is 0 Å². The van der Waals surface area contributed by atoms with Crippen molar-refractivity contribution in [2.75, 3.05) is 13.1 Å². The molecule has 5 atom stereocenters. The van der Waals surface area contributed by atoms with Gasteiger partial charge in [-0.1, -0.05) is 24.3 Å². The van der Waals surface area contributed by atoms with Crippen molar-refractivity contribution in [2.24, 2.45) is 5.73 Å². The molecule has 9 N–H and O–H groups in total. The minimum absolute atomic E-state index is 0.00325. The highest BCUT2D eigenvalue weighted by molar-refractivity contribution is 5.95. The molecule has 0 saturated carbocycles. The minimum atomic E-state index is -1.58. The molecule has 1 fully saturated rings. The van der Waals surface area contributed by atoms with E-state index in [1.165, 1.54) is 36.1 Å². The van der Waals surface area contributed by atoms with Gasteiger partial charge in [-0.3, -0.25) is 19.2 Å². The highest BCUT2D eigenvalue weighted by atomic mass is 16.4. The number of nitrogens with two attached hydrogens (primary N) is 1. The van der Waals surface area contributed by atoms with E-state index in [1.54, 1.807) is 24.3 Å². The van der Waals surface area contributed by atoms with E-state index >= 15 is 0 Å². The molecule has 0 aromatic heterocycles. The van der Waals surface area contributed by atoms with Gasteiger partial charge in [0.25, 0.3) is 0 Å². The summed E-state index contributed by atoms with van der Waals surface area (Å²) >= 11 is 0. The van der Waals surface area contributed by atoms with Gasteiger partial charge in [0.1, 0.15) is 29.6 Å². The SMILES string of the molecule is CC(O)C(NC(=O)C1CCCN1C(=O)C(Cc1ccc(O)cc1)NC(=O)C(Cc1ccc(O)cc1)NC(=O)CN)C(=O)O. The summed E-state index contributed by atoms with van der Waals surface area (Å²) in [5.41, 5.74) is 6.64. The second kappa shape index (κ2) is 15.0. The average Bonchev–Trinajstić information content (AvgIpc) is 3.46. The Hall–Kier alpha value is -4.69. The number of benzene rings is 2. The van der Waals surface area contributed by atoms with Crippen LogP contribution in [-0.2, 0) is 36.8 Å². The van der Waals surface area contributed by atoms with Gasteiger partial charge in [0, 0.05) is 19.4 Å². The smallest absolute Gasteiger partial charge is 0.328 e. The maximum atomic E-state index is 13.9. The molecule has 4 amide bonds. The molecule has 0 spiro atoms. The van der Waals surface area contributed by atoms with E-state index in [-0.39, 0.29) is 43.9 Å². The largest absolute Gasteiger partial charge is 0.508 e. The predicted octanol–water partition coefficient (Wildman–Crippen LogP) is -1.25. The van der Waals surface area contributed by atoms with Gasteiger partial charge < -0.3 is 47.0 Å². The molecular weight excluding hydrogens is 562 g/mol. The third kappa shape index (κ3) is 9.15. The number of carbonyl (C=O) groups excluding carboxylic acids is 4. The van der Waals surface area contributed by atoms with Crippen LogP contribution in [0.2, 0.25) is 0 Å². The number of phenolic OH excluding ortho intramolecular Hbond substituents is 2. The molecule has 0 aliphatic carbocycles. The van der Waals surface area contributed by atoms with E-state index in [2.05, 4.69) is 16.0 Å². The average molecular weight is 600 g/mol. The maximum absolute atomic E-state index is 13.9. The molecule has 1 saturated heterocycles. The number of carboxylic acids is 1. The van der Waals surface area contributed by atoms with Crippen LogP contribution < -0.4 is 21.7 Å². The van der Waals surface area contributed by atoms with Gasteiger partial charge in [0.05, 0.1) is 12.6 Å². The van der Waals surface area contributed by atoms with Crippen molar-refractivity contribution in [2.45, 2.75) is 62.9 Å². The number of aromatic hydroxyl groups is 2. The fraction of sp³-hybridized carbons (Fsp3) is 0.414. The number of phenols is 2. The first kappa shape index (κ1) is 32.8. The lowest BCUT2D eigenvalue weighted by Crippen LogP contribution is -2.59. The van der Waals surface area contributed by atoms with Gasteiger partial charge >= 0.3 is 5.97 Å². The minimum Gasteiger partial charge on any atom is -0.508 e. The van der Waals surface area contributed by atoms with Crippen LogP contribution in [0, 0.1) is 0 Å². The van der Waals surface area contributed by atoms with E-state index < -0.39 is 59.9 Å². The Labute approximate surface area is 247 Å². The zero-order chi connectivity index (χ0) is 31.7. The summed E-state index contributed by atoms with van der Waals surface area (Å²) < 4.78 is 0. The van der Waals surface area contributed by atoms with Crippen LogP contribution in [0.3, 0.4) is 0 Å². The summed E-state index contributed by atoms with van der Waals surface area (Å²) in [6.07, 6.45) is -0.727. The standard InChI is InChI=1S/C29H37N5O9/c1-16(35)25(29(42)43)33-27(40)23-3-2-12-34(23)28(41)22(14-18-6-10-20(37)11-7-18)32-26(39)21(31-24(38)15-30)13-17-4-8-19(36)9-5-17/h4-11,16,21-23,25,35-37H,2-3,12-15,30H2,1H3,(H,31,38)(H,32,39)(H,33,40)(H,42,43). The van der Waals surface area contributed by atoms with Gasteiger partial charge in [-0.2, -0.15) is 0 Å². The summed E-state index contributed by atoms with van der Waals surface area (Å²) in [6.45, 7) is 0.994. The Balaban J connectivity index is 1.87. The second-order valence-corrected chi connectivity index (χ2v) is 10.4. The van der Waals surface area contributed by atoms with Crippen LogP contribution in [0.15, 0.2) is 48.5 Å². The van der Waals surface area contributed by atoms with Gasteiger partial charge in [-0.05, 0) is 55.2 Å². The molecule has 14 heteroatoms. The van der Waals surface area contributed by atoms with Gasteiger partial charge in [0.15, 0.2) is 6.04 Å². The molecule has 232 valence electrons. The number of nitrogens with zero attached hydrogens (tertiary/aromatic N) is 1. The molecule has 5 unspecified atom stereocenters. The highest BCUT2D eigenvalue weighted by Gasteiger charge is 2.40. The normalized spacial score (nSPS) is 17.3. The summed E-state index contributed by atoms with van der Waals surface area (Å²) in [7, 11) is 0. The molecule has 1 aliphatic heterocycles. The third-order valence-electron chi connectivity index (χ3n) is 7.09. The number of rotatable bonds is 13. The lowest BCUT2D eigenvalue weighted by molar-refractivity contribution is -0.147. The third-order valence-corrected chi connectivity index (χ3v) is 7.09. The fourth-order valence-electron chi connectivity index (χ4n) is 4.81. The van der Waals surface area contributed by atoms with Crippen molar-refractivity contribution in [3.05, 3.63) is 59.7 Å². The predicted molar refractivity (Wildman–Crippen MR) is 153 cm³/mol. The first-order valence-corrected chi connectivity index (χ1v) is 13.8. The second-order valence-electron chi connectivity index (χ2n) is 10.4. The van der Waals surface area contributed by atoms with Crippen LogP contribution in [0.5, 0.6) is 11.5 Å². The Kier molecular flexibility index (Phi) is 11.4. The number of carbonyl (C=O) groups is 5. The van der Waals surface area contributed by atoms with Crippen LogP contribution in [-0.4, -0.2) is 98.3 Å². The van der Waals surface area contributed by atoms with Crippen molar-refractivity contribution < 1.29 is 44.4 Å². The summed E-state index contributed by atoms with van der Waals surface area (Å²) in [4.78, 5) is 65.4. The molecular formula is C29H37N5O9. The van der Waals surface area contributed by atoms with E-state index in [4.69, 9.17) is 5.73 Å². The van der Waals surface area contributed by atoms with Gasteiger partial charge in [-0.25, -0.2) is 4.79 Å². The number of hydrogen-bond donors (Lipinski definition) is 8. The zero-order valence-electron chi connectivity index (χ0n) is 23.6. The van der Waals surface area contributed by atoms with Crippen LogP contribution in [0.1, 0.15) is 30.9 Å². The lowest BCUT2D eigenvalue weighted by atomic mass is 10.0. The van der Waals surface area contributed by atoms with E-state index in [1.807, 2.05) is 0 Å². The fourth-order valence-corrected chi connectivity index (χ4v) is 4.81. The van der Waals surface area contributed by atoms with Crippen molar-refractivity contribution in [3.8, 4) is 11.5 Å². The topological polar surface area (TPSA) is 232 Å². The molecule has 2 aromatic carbocycles. The van der Waals surface area contributed by atoms with E-state index in [9.17, 15) is 44.4 Å². The van der Waals surface area contributed by atoms with Crippen LogP contribution in [0.4, 0.5) is 0 Å². The molecule has 3 rings (SSSR count). The Morgan fingerprint density at radius 2 is 1.42 bits per heavy atom. The number of aliphatic carboxylic acids is 1. The number of nitrogens with one attached hydrogen (secondary N) is 3. The molecule has 1 heterocycles. The molecule has 14 nitrogen and oxygen atoms in total. The van der Waals surface area contributed by atoms with Crippen molar-refractivity contribution >= 4 is 29.6 Å². The quantitative estimate of drug-likeness (QED) is 0.136.